The molecule has 0 aromatic heterocycles. The lowest BCUT2D eigenvalue weighted by Crippen LogP contribution is -2.47. The molecule has 0 radical (unpaired) electrons. The number of morpholine rings is 1. The van der Waals surface area contributed by atoms with Crippen LogP contribution in [0.1, 0.15) is 24.8 Å². The van der Waals surface area contributed by atoms with Crippen molar-refractivity contribution < 1.29 is 4.74 Å². The van der Waals surface area contributed by atoms with Crippen LogP contribution in [0.15, 0.2) is 30.3 Å². The Morgan fingerprint density at radius 2 is 2.17 bits per heavy atom. The van der Waals surface area contributed by atoms with E-state index in [0.29, 0.717) is 18.5 Å². The highest BCUT2D eigenvalue weighted by Gasteiger charge is 2.24. The second-order valence-corrected chi connectivity index (χ2v) is 4.98. The van der Waals surface area contributed by atoms with E-state index >= 15 is 0 Å². The fraction of sp³-hybridized carbons (Fsp3) is 0.600. The van der Waals surface area contributed by atoms with E-state index in [9.17, 15) is 0 Å². The molecule has 3 heteroatoms. The van der Waals surface area contributed by atoms with Gasteiger partial charge in [0.15, 0.2) is 0 Å². The van der Waals surface area contributed by atoms with Gasteiger partial charge in [-0.2, -0.15) is 0 Å². The third-order valence-corrected chi connectivity index (χ3v) is 3.83. The van der Waals surface area contributed by atoms with E-state index in [0.717, 1.165) is 32.7 Å². The summed E-state index contributed by atoms with van der Waals surface area (Å²) in [5.74, 6) is 0.429. The molecule has 2 N–H and O–H groups in total. The fourth-order valence-corrected chi connectivity index (χ4v) is 2.63. The molecular weight excluding hydrogens is 224 g/mol. The summed E-state index contributed by atoms with van der Waals surface area (Å²) in [5.41, 5.74) is 7.30. The maximum absolute atomic E-state index is 5.95. The van der Waals surface area contributed by atoms with Crippen LogP contribution < -0.4 is 5.73 Å². The SMILES string of the molecule is CCC1COCCN1CC(CN)c1ccccc1. The Hall–Kier alpha value is -0.900. The minimum Gasteiger partial charge on any atom is -0.378 e. The van der Waals surface area contributed by atoms with E-state index in [4.69, 9.17) is 10.5 Å². The molecule has 100 valence electrons. The van der Waals surface area contributed by atoms with Gasteiger partial charge < -0.3 is 10.5 Å². The first kappa shape index (κ1) is 13.5. The molecule has 1 saturated heterocycles. The molecule has 0 spiro atoms. The van der Waals surface area contributed by atoms with Gasteiger partial charge >= 0.3 is 0 Å². The highest BCUT2D eigenvalue weighted by molar-refractivity contribution is 5.20. The number of nitrogens with zero attached hydrogens (tertiary/aromatic N) is 1. The smallest absolute Gasteiger partial charge is 0.0622 e. The van der Waals surface area contributed by atoms with Crippen LogP contribution in [0.3, 0.4) is 0 Å². The minimum absolute atomic E-state index is 0.429. The van der Waals surface area contributed by atoms with Crippen molar-refractivity contribution >= 4 is 0 Å². The predicted molar refractivity (Wildman–Crippen MR) is 74.7 cm³/mol. The molecule has 18 heavy (non-hydrogen) atoms. The lowest BCUT2D eigenvalue weighted by Gasteiger charge is -2.37. The van der Waals surface area contributed by atoms with Gasteiger partial charge in [-0.25, -0.2) is 0 Å². The normalized spacial score (nSPS) is 22.9. The Balaban J connectivity index is 2.01. The molecule has 0 amide bonds. The number of hydrogen-bond donors (Lipinski definition) is 1. The van der Waals surface area contributed by atoms with Crippen LogP contribution in [-0.4, -0.2) is 43.8 Å². The van der Waals surface area contributed by atoms with E-state index in [-0.39, 0.29) is 0 Å². The molecule has 1 heterocycles. The topological polar surface area (TPSA) is 38.5 Å². The van der Waals surface area contributed by atoms with Gasteiger partial charge in [0.25, 0.3) is 0 Å². The summed E-state index contributed by atoms with van der Waals surface area (Å²) in [6.07, 6.45) is 1.14. The quantitative estimate of drug-likeness (QED) is 0.864. The zero-order valence-electron chi connectivity index (χ0n) is 11.2. The zero-order valence-corrected chi connectivity index (χ0v) is 11.2. The first-order valence-corrected chi connectivity index (χ1v) is 6.92. The third kappa shape index (κ3) is 3.31. The summed E-state index contributed by atoms with van der Waals surface area (Å²) in [6.45, 7) is 6.72. The van der Waals surface area contributed by atoms with Crippen molar-refractivity contribution in [2.75, 3.05) is 32.8 Å². The van der Waals surface area contributed by atoms with Gasteiger partial charge in [0, 0.05) is 31.6 Å². The maximum atomic E-state index is 5.95. The van der Waals surface area contributed by atoms with Gasteiger partial charge in [-0.1, -0.05) is 37.3 Å². The lowest BCUT2D eigenvalue weighted by atomic mass is 9.97. The van der Waals surface area contributed by atoms with Crippen LogP contribution in [0.2, 0.25) is 0 Å². The molecule has 1 aromatic carbocycles. The average Bonchev–Trinajstić information content (AvgIpc) is 2.46. The minimum atomic E-state index is 0.429. The summed E-state index contributed by atoms with van der Waals surface area (Å²) in [4.78, 5) is 2.54. The molecule has 1 aromatic rings. The zero-order chi connectivity index (χ0) is 12.8. The number of ether oxygens (including phenoxy) is 1. The fourth-order valence-electron chi connectivity index (χ4n) is 2.63. The third-order valence-electron chi connectivity index (χ3n) is 3.83. The molecule has 2 unspecified atom stereocenters. The summed E-state index contributed by atoms with van der Waals surface area (Å²) < 4.78 is 5.55. The Kier molecular flexibility index (Phi) is 5.17. The first-order chi connectivity index (χ1) is 8.85. The van der Waals surface area contributed by atoms with Gasteiger partial charge in [-0.3, -0.25) is 4.90 Å². The van der Waals surface area contributed by atoms with Crippen molar-refractivity contribution in [1.82, 2.24) is 4.90 Å². The van der Waals surface area contributed by atoms with Gasteiger partial charge in [-0.05, 0) is 12.0 Å². The second kappa shape index (κ2) is 6.88. The molecular formula is C15H24N2O. The predicted octanol–water partition coefficient (Wildman–Crippen LogP) is 1.84. The van der Waals surface area contributed by atoms with Gasteiger partial charge in [0.1, 0.15) is 0 Å². The van der Waals surface area contributed by atoms with Crippen LogP contribution >= 0.6 is 0 Å². The Morgan fingerprint density at radius 3 is 2.83 bits per heavy atom. The number of hydrogen-bond acceptors (Lipinski definition) is 3. The summed E-state index contributed by atoms with van der Waals surface area (Å²) in [7, 11) is 0. The monoisotopic (exact) mass is 248 g/mol. The first-order valence-electron chi connectivity index (χ1n) is 6.92. The van der Waals surface area contributed by atoms with Crippen molar-refractivity contribution in [3.05, 3.63) is 35.9 Å². The molecule has 0 saturated carbocycles. The van der Waals surface area contributed by atoms with E-state index < -0.39 is 0 Å². The van der Waals surface area contributed by atoms with Crippen LogP contribution in [0.4, 0.5) is 0 Å². The molecule has 0 aliphatic carbocycles. The maximum Gasteiger partial charge on any atom is 0.0622 e. The summed E-state index contributed by atoms with van der Waals surface area (Å²) >= 11 is 0. The van der Waals surface area contributed by atoms with Crippen LogP contribution in [0, 0.1) is 0 Å². The molecule has 1 fully saturated rings. The Morgan fingerprint density at radius 1 is 1.39 bits per heavy atom. The van der Waals surface area contributed by atoms with E-state index in [1.54, 1.807) is 0 Å². The van der Waals surface area contributed by atoms with Crippen molar-refractivity contribution in [3.8, 4) is 0 Å². The summed E-state index contributed by atoms with van der Waals surface area (Å²) in [5, 5.41) is 0. The van der Waals surface area contributed by atoms with E-state index in [2.05, 4.69) is 42.2 Å². The highest BCUT2D eigenvalue weighted by atomic mass is 16.5. The molecule has 1 aliphatic heterocycles. The van der Waals surface area contributed by atoms with Gasteiger partial charge in [-0.15, -0.1) is 0 Å². The Bertz CT molecular complexity index is 342. The van der Waals surface area contributed by atoms with Gasteiger partial charge in [0.2, 0.25) is 0 Å². The van der Waals surface area contributed by atoms with Crippen molar-refractivity contribution in [2.45, 2.75) is 25.3 Å². The van der Waals surface area contributed by atoms with Crippen molar-refractivity contribution in [1.29, 1.82) is 0 Å². The standard InChI is InChI=1S/C15H24N2O/c1-2-15-12-18-9-8-17(15)11-14(10-16)13-6-4-3-5-7-13/h3-7,14-15H,2,8-12,16H2,1H3. The second-order valence-electron chi connectivity index (χ2n) is 4.98. The van der Waals surface area contributed by atoms with Crippen LogP contribution in [0.25, 0.3) is 0 Å². The van der Waals surface area contributed by atoms with E-state index in [1.165, 1.54) is 5.56 Å². The molecule has 2 atom stereocenters. The molecule has 3 nitrogen and oxygen atoms in total. The number of nitrogens with two attached hydrogens (primary N) is 1. The lowest BCUT2D eigenvalue weighted by molar-refractivity contribution is -0.0109. The van der Waals surface area contributed by atoms with Crippen LogP contribution in [-0.2, 0) is 4.74 Å². The molecule has 0 bridgehead atoms. The largest absolute Gasteiger partial charge is 0.378 e. The number of benzene rings is 1. The molecule has 1 aliphatic rings. The molecule has 2 rings (SSSR count). The van der Waals surface area contributed by atoms with E-state index in [1.807, 2.05) is 0 Å². The summed E-state index contributed by atoms with van der Waals surface area (Å²) in [6, 6.07) is 11.2. The van der Waals surface area contributed by atoms with Gasteiger partial charge in [0.05, 0.1) is 13.2 Å². The Labute approximate surface area is 110 Å². The number of rotatable bonds is 5. The highest BCUT2D eigenvalue weighted by Crippen LogP contribution is 2.19. The average molecular weight is 248 g/mol. The van der Waals surface area contributed by atoms with Crippen molar-refractivity contribution in [3.63, 3.8) is 0 Å². The van der Waals surface area contributed by atoms with Crippen LogP contribution in [0.5, 0.6) is 0 Å². The van der Waals surface area contributed by atoms with Crippen molar-refractivity contribution in [2.24, 2.45) is 5.73 Å².